The number of anilines is 1. The van der Waals surface area contributed by atoms with Crippen molar-refractivity contribution in [3.8, 4) is 0 Å². The fourth-order valence-electron chi connectivity index (χ4n) is 3.53. The molecule has 2 amide bonds. The van der Waals surface area contributed by atoms with Crippen LogP contribution in [0.2, 0.25) is 0 Å². The van der Waals surface area contributed by atoms with Crippen LogP contribution in [0.5, 0.6) is 0 Å². The van der Waals surface area contributed by atoms with Gasteiger partial charge in [0, 0.05) is 13.0 Å². The third kappa shape index (κ3) is 6.14. The first-order chi connectivity index (χ1) is 12.4. The molecule has 1 aromatic rings. The summed E-state index contributed by atoms with van der Waals surface area (Å²) in [7, 11) is 0. The zero-order chi connectivity index (χ0) is 19.2. The highest BCUT2D eigenvalue weighted by molar-refractivity contribution is 5.94. The van der Waals surface area contributed by atoms with E-state index in [4.69, 9.17) is 5.73 Å². The number of benzene rings is 1. The Morgan fingerprint density at radius 1 is 1.19 bits per heavy atom. The molecule has 0 aliphatic heterocycles. The molecule has 0 radical (unpaired) electrons. The van der Waals surface area contributed by atoms with Gasteiger partial charge in [-0.2, -0.15) is 0 Å². The lowest BCUT2D eigenvalue weighted by Gasteiger charge is -2.37. The molecule has 0 spiro atoms. The van der Waals surface area contributed by atoms with Crippen LogP contribution in [0.15, 0.2) is 18.2 Å². The molecule has 1 saturated carbocycles. The molecule has 1 aliphatic rings. The maximum absolute atomic E-state index is 13.6. The lowest BCUT2D eigenvalue weighted by atomic mass is 9.71. The molecule has 0 atom stereocenters. The minimum absolute atomic E-state index is 0. The standard InChI is InChI=1S/C19H27F2N3O2.ClH/c1-2-24(17(26)11-19(13-22)9-4-3-5-10-19)12-16(25)23-18-14(20)7-6-8-15(18)21;/h6-8H,2-5,9-13,22H2,1H3,(H,23,25);1H. The van der Waals surface area contributed by atoms with Gasteiger partial charge >= 0.3 is 0 Å². The van der Waals surface area contributed by atoms with Crippen molar-refractivity contribution >= 4 is 29.9 Å². The number of halogens is 3. The van der Waals surface area contributed by atoms with Crippen LogP contribution in [-0.2, 0) is 9.59 Å². The van der Waals surface area contributed by atoms with Crippen molar-refractivity contribution in [1.29, 1.82) is 0 Å². The highest BCUT2D eigenvalue weighted by Gasteiger charge is 2.34. The zero-order valence-electron chi connectivity index (χ0n) is 15.6. The molecule has 0 heterocycles. The molecule has 0 bridgehead atoms. The van der Waals surface area contributed by atoms with E-state index in [2.05, 4.69) is 5.32 Å². The maximum atomic E-state index is 13.6. The predicted molar refractivity (Wildman–Crippen MR) is 104 cm³/mol. The fraction of sp³-hybridized carbons (Fsp3) is 0.579. The van der Waals surface area contributed by atoms with E-state index >= 15 is 0 Å². The predicted octanol–water partition coefficient (Wildman–Crippen LogP) is 3.47. The zero-order valence-corrected chi connectivity index (χ0v) is 16.4. The Morgan fingerprint density at radius 2 is 1.78 bits per heavy atom. The number of amides is 2. The van der Waals surface area contributed by atoms with Crippen LogP contribution in [-0.4, -0.2) is 36.3 Å². The second-order valence-electron chi connectivity index (χ2n) is 6.99. The monoisotopic (exact) mass is 403 g/mol. The van der Waals surface area contributed by atoms with Gasteiger partial charge in [0.25, 0.3) is 0 Å². The summed E-state index contributed by atoms with van der Waals surface area (Å²) in [6, 6.07) is 3.35. The van der Waals surface area contributed by atoms with Crippen LogP contribution in [0.3, 0.4) is 0 Å². The van der Waals surface area contributed by atoms with Gasteiger partial charge in [0.1, 0.15) is 17.3 Å². The number of hydrogen-bond donors (Lipinski definition) is 2. The number of nitrogens with two attached hydrogens (primary N) is 1. The summed E-state index contributed by atoms with van der Waals surface area (Å²) >= 11 is 0. The van der Waals surface area contributed by atoms with E-state index in [1.807, 2.05) is 0 Å². The number of nitrogens with zero attached hydrogens (tertiary/aromatic N) is 1. The first kappa shape index (κ1) is 23.3. The van der Waals surface area contributed by atoms with E-state index in [9.17, 15) is 18.4 Å². The van der Waals surface area contributed by atoms with Crippen molar-refractivity contribution in [3.63, 3.8) is 0 Å². The summed E-state index contributed by atoms with van der Waals surface area (Å²) in [5.41, 5.74) is 5.24. The van der Waals surface area contributed by atoms with Gasteiger partial charge in [-0.1, -0.05) is 25.3 Å². The quantitative estimate of drug-likeness (QED) is 0.731. The van der Waals surface area contributed by atoms with E-state index in [0.29, 0.717) is 19.5 Å². The fourth-order valence-corrected chi connectivity index (χ4v) is 3.53. The molecule has 5 nitrogen and oxygen atoms in total. The van der Waals surface area contributed by atoms with Gasteiger partial charge in [0.05, 0.1) is 6.54 Å². The van der Waals surface area contributed by atoms with Crippen molar-refractivity contribution in [2.75, 3.05) is 25.0 Å². The molecule has 0 saturated heterocycles. The summed E-state index contributed by atoms with van der Waals surface area (Å²) < 4.78 is 27.3. The summed E-state index contributed by atoms with van der Waals surface area (Å²) in [5, 5.41) is 2.22. The summed E-state index contributed by atoms with van der Waals surface area (Å²) in [4.78, 5) is 26.2. The summed E-state index contributed by atoms with van der Waals surface area (Å²) in [6.07, 6.45) is 5.41. The van der Waals surface area contributed by atoms with Crippen LogP contribution >= 0.6 is 12.4 Å². The third-order valence-electron chi connectivity index (χ3n) is 5.17. The number of rotatable bonds is 7. The van der Waals surface area contributed by atoms with Gasteiger partial charge in [-0.05, 0) is 43.9 Å². The first-order valence-corrected chi connectivity index (χ1v) is 9.12. The van der Waals surface area contributed by atoms with Crippen molar-refractivity contribution in [3.05, 3.63) is 29.8 Å². The molecule has 8 heteroatoms. The molecule has 1 aliphatic carbocycles. The Bertz CT molecular complexity index is 632. The van der Waals surface area contributed by atoms with Gasteiger partial charge in [-0.15, -0.1) is 12.4 Å². The number of para-hydroxylation sites is 1. The minimum Gasteiger partial charge on any atom is -0.334 e. The van der Waals surface area contributed by atoms with Crippen molar-refractivity contribution in [2.45, 2.75) is 45.4 Å². The lowest BCUT2D eigenvalue weighted by Crippen LogP contribution is -2.43. The number of carbonyl (C=O) groups excluding carboxylic acids is 2. The Morgan fingerprint density at radius 3 is 2.30 bits per heavy atom. The lowest BCUT2D eigenvalue weighted by molar-refractivity contribution is -0.137. The van der Waals surface area contributed by atoms with E-state index in [1.165, 1.54) is 11.0 Å². The third-order valence-corrected chi connectivity index (χ3v) is 5.17. The molecule has 1 aromatic carbocycles. The van der Waals surface area contributed by atoms with E-state index in [0.717, 1.165) is 44.2 Å². The Hall–Kier alpha value is -1.73. The summed E-state index contributed by atoms with van der Waals surface area (Å²) in [5.74, 6) is -2.48. The van der Waals surface area contributed by atoms with Crippen LogP contribution < -0.4 is 11.1 Å². The molecular formula is C19H28ClF2N3O2. The van der Waals surface area contributed by atoms with Crippen LogP contribution in [0.25, 0.3) is 0 Å². The molecule has 152 valence electrons. The highest BCUT2D eigenvalue weighted by Crippen LogP contribution is 2.38. The minimum atomic E-state index is -0.850. The normalized spacial score (nSPS) is 15.6. The Kier molecular flexibility index (Phi) is 9.12. The number of hydrogen-bond acceptors (Lipinski definition) is 3. The Labute approximate surface area is 165 Å². The van der Waals surface area contributed by atoms with Crippen molar-refractivity contribution < 1.29 is 18.4 Å². The number of nitrogens with one attached hydrogen (secondary N) is 1. The van der Waals surface area contributed by atoms with Gasteiger partial charge in [0.2, 0.25) is 11.8 Å². The second kappa shape index (κ2) is 10.6. The number of carbonyl (C=O) groups is 2. The van der Waals surface area contributed by atoms with Crippen LogP contribution in [0, 0.1) is 17.0 Å². The van der Waals surface area contributed by atoms with Gasteiger partial charge in [-0.3, -0.25) is 9.59 Å². The summed E-state index contributed by atoms with van der Waals surface area (Å²) in [6.45, 7) is 2.31. The molecule has 2 rings (SSSR count). The van der Waals surface area contributed by atoms with Crippen LogP contribution in [0.1, 0.15) is 45.4 Å². The molecule has 1 fully saturated rings. The molecule has 0 aromatic heterocycles. The van der Waals surface area contributed by atoms with Gasteiger partial charge in [0.15, 0.2) is 0 Å². The van der Waals surface area contributed by atoms with E-state index in [-0.39, 0.29) is 30.3 Å². The maximum Gasteiger partial charge on any atom is 0.244 e. The second-order valence-corrected chi connectivity index (χ2v) is 6.99. The highest BCUT2D eigenvalue weighted by atomic mass is 35.5. The smallest absolute Gasteiger partial charge is 0.244 e. The van der Waals surface area contributed by atoms with Gasteiger partial charge in [-0.25, -0.2) is 8.78 Å². The van der Waals surface area contributed by atoms with Crippen molar-refractivity contribution in [1.82, 2.24) is 4.90 Å². The first-order valence-electron chi connectivity index (χ1n) is 9.12. The molecule has 0 unspecified atom stereocenters. The number of likely N-dealkylation sites (N-methyl/N-ethyl adjacent to an activating group) is 1. The van der Waals surface area contributed by atoms with E-state index < -0.39 is 23.2 Å². The van der Waals surface area contributed by atoms with Crippen LogP contribution in [0.4, 0.5) is 14.5 Å². The Balaban J connectivity index is 0.00000364. The van der Waals surface area contributed by atoms with E-state index in [1.54, 1.807) is 6.92 Å². The average Bonchev–Trinajstić information content (AvgIpc) is 2.63. The average molecular weight is 404 g/mol. The molecule has 27 heavy (non-hydrogen) atoms. The van der Waals surface area contributed by atoms with Crippen molar-refractivity contribution in [2.24, 2.45) is 11.1 Å². The van der Waals surface area contributed by atoms with Gasteiger partial charge < -0.3 is 16.0 Å². The molecular weight excluding hydrogens is 376 g/mol. The SMILES string of the molecule is CCN(CC(=O)Nc1c(F)cccc1F)C(=O)CC1(CN)CCCCC1.Cl. The largest absolute Gasteiger partial charge is 0.334 e. The molecule has 3 N–H and O–H groups in total. The topological polar surface area (TPSA) is 75.4 Å².